The van der Waals surface area contributed by atoms with Crippen molar-refractivity contribution in [2.45, 2.75) is 65.8 Å². The summed E-state index contributed by atoms with van der Waals surface area (Å²) < 4.78 is 7.49. The number of piperazine rings is 1. The zero-order valence-electron chi connectivity index (χ0n) is 25.0. The highest BCUT2D eigenvalue weighted by molar-refractivity contribution is 5.76. The van der Waals surface area contributed by atoms with Crippen molar-refractivity contribution >= 4 is 22.8 Å². The van der Waals surface area contributed by atoms with Crippen LogP contribution in [0, 0.1) is 13.8 Å². The third-order valence-electron chi connectivity index (χ3n) is 8.16. The van der Waals surface area contributed by atoms with Crippen LogP contribution in [0.2, 0.25) is 0 Å². The molecule has 3 heterocycles. The molecular formula is C32H42N6O. The Morgan fingerprint density at radius 1 is 0.949 bits per heavy atom. The van der Waals surface area contributed by atoms with Crippen LogP contribution >= 0.6 is 0 Å². The van der Waals surface area contributed by atoms with Crippen molar-refractivity contribution < 1.29 is 4.74 Å². The van der Waals surface area contributed by atoms with E-state index in [0.29, 0.717) is 0 Å². The molecule has 1 aliphatic heterocycles. The number of nitrogens with zero attached hydrogens (tertiary/aromatic N) is 6. The van der Waals surface area contributed by atoms with Gasteiger partial charge in [-0.05, 0) is 74.1 Å². The second kappa shape index (κ2) is 9.85. The number of ether oxygens (including phenoxy) is 1. The average Bonchev–Trinajstić information content (AvgIpc) is 3.17. The largest absolute Gasteiger partial charge is 0.497 e. The molecule has 5 rings (SSSR count). The summed E-state index contributed by atoms with van der Waals surface area (Å²) in [6.45, 7) is 18.1. The summed E-state index contributed by atoms with van der Waals surface area (Å²) in [4.78, 5) is 19.8. The highest BCUT2D eigenvalue weighted by Gasteiger charge is 2.35. The van der Waals surface area contributed by atoms with E-state index in [0.717, 1.165) is 60.4 Å². The molecule has 0 bridgehead atoms. The van der Waals surface area contributed by atoms with Crippen molar-refractivity contribution in [3.63, 3.8) is 0 Å². The van der Waals surface area contributed by atoms with E-state index in [1.165, 1.54) is 22.4 Å². The Morgan fingerprint density at radius 3 is 2.31 bits per heavy atom. The first-order valence-electron chi connectivity index (χ1n) is 13.8. The number of hydrogen-bond donors (Lipinski definition) is 0. The van der Waals surface area contributed by atoms with Gasteiger partial charge in [0.2, 0.25) is 5.95 Å². The van der Waals surface area contributed by atoms with Crippen LogP contribution in [0.1, 0.15) is 62.8 Å². The second-order valence-electron chi connectivity index (χ2n) is 12.5. The van der Waals surface area contributed by atoms with Gasteiger partial charge in [0.05, 0.1) is 18.3 Å². The minimum atomic E-state index is -0.108. The lowest BCUT2D eigenvalue weighted by Gasteiger charge is -2.48. The Hall–Kier alpha value is -3.61. The first-order valence-corrected chi connectivity index (χ1v) is 13.8. The molecule has 0 N–H and O–H groups in total. The lowest BCUT2D eigenvalue weighted by Crippen LogP contribution is -2.60. The maximum Gasteiger partial charge on any atom is 0.227 e. The zero-order chi connectivity index (χ0) is 28.1. The summed E-state index contributed by atoms with van der Waals surface area (Å²) in [5.74, 6) is 2.59. The minimum Gasteiger partial charge on any atom is -0.497 e. The molecule has 0 spiro atoms. The molecule has 1 fully saturated rings. The molecule has 1 saturated heterocycles. The van der Waals surface area contributed by atoms with Crippen molar-refractivity contribution in [1.29, 1.82) is 0 Å². The molecule has 0 aliphatic carbocycles. The Labute approximate surface area is 232 Å². The molecule has 0 atom stereocenters. The van der Waals surface area contributed by atoms with Crippen LogP contribution in [0.15, 0.2) is 42.5 Å². The smallest absolute Gasteiger partial charge is 0.227 e. The molecule has 4 aromatic rings. The Kier molecular flexibility index (Phi) is 6.81. The standard InChI is InChI=1S/C32H42N6O/c1-21-10-11-24(31(3,4)5)18-23(21)19-27-28-29(33-22(2)36(28)8)35-30(34-27)37-16-17-38(32(6,7)20-37)25-12-14-26(39-9)15-13-25/h10-15,18H,16-17,19-20H2,1-9H3. The zero-order valence-corrected chi connectivity index (χ0v) is 25.0. The van der Waals surface area contributed by atoms with Crippen LogP contribution in [0.4, 0.5) is 11.6 Å². The molecule has 1 aliphatic rings. The lowest BCUT2D eigenvalue weighted by molar-refractivity contribution is 0.408. The SMILES string of the molecule is COc1ccc(N2CCN(c3nc(Cc4cc(C(C)(C)C)ccc4C)c4c(n3)nc(C)n4C)CC2(C)C)cc1. The summed E-state index contributed by atoms with van der Waals surface area (Å²) in [6.07, 6.45) is 0.746. The number of anilines is 2. The molecule has 7 nitrogen and oxygen atoms in total. The van der Waals surface area contributed by atoms with Gasteiger partial charge in [0.1, 0.15) is 17.1 Å². The molecule has 0 saturated carbocycles. The van der Waals surface area contributed by atoms with Gasteiger partial charge < -0.3 is 19.1 Å². The molecule has 0 radical (unpaired) electrons. The van der Waals surface area contributed by atoms with Gasteiger partial charge in [-0.25, -0.2) is 9.97 Å². The topological polar surface area (TPSA) is 59.3 Å². The van der Waals surface area contributed by atoms with Gasteiger partial charge in [-0.3, -0.25) is 0 Å². The Bertz CT molecular complexity index is 1500. The van der Waals surface area contributed by atoms with Crippen LogP contribution < -0.4 is 14.5 Å². The van der Waals surface area contributed by atoms with E-state index < -0.39 is 0 Å². The van der Waals surface area contributed by atoms with Crippen LogP contribution in [-0.2, 0) is 18.9 Å². The number of aromatic nitrogens is 4. The van der Waals surface area contributed by atoms with Gasteiger partial charge in [0.25, 0.3) is 0 Å². The molecule has 39 heavy (non-hydrogen) atoms. The fourth-order valence-corrected chi connectivity index (χ4v) is 5.63. The summed E-state index contributed by atoms with van der Waals surface area (Å²) >= 11 is 0. The number of aryl methyl sites for hydroxylation is 3. The first-order chi connectivity index (χ1) is 18.4. The normalized spacial score (nSPS) is 15.7. The number of benzene rings is 2. The van der Waals surface area contributed by atoms with Crippen molar-refractivity contribution in [2.75, 3.05) is 36.5 Å². The van der Waals surface area contributed by atoms with E-state index in [4.69, 9.17) is 19.7 Å². The summed E-state index contributed by atoms with van der Waals surface area (Å²) in [5.41, 5.74) is 7.93. The average molecular weight is 527 g/mol. The number of hydrogen-bond acceptors (Lipinski definition) is 6. The van der Waals surface area contributed by atoms with Gasteiger partial charge in [-0.1, -0.05) is 39.0 Å². The van der Waals surface area contributed by atoms with E-state index in [2.05, 4.69) is 93.3 Å². The van der Waals surface area contributed by atoms with Crippen LogP contribution in [0.5, 0.6) is 5.75 Å². The first kappa shape index (κ1) is 27.0. The fraction of sp³-hybridized carbons (Fsp3) is 0.469. The van der Waals surface area contributed by atoms with Crippen LogP contribution in [0.25, 0.3) is 11.2 Å². The lowest BCUT2D eigenvalue weighted by atomic mass is 9.84. The van der Waals surface area contributed by atoms with E-state index in [1.54, 1.807) is 7.11 Å². The summed E-state index contributed by atoms with van der Waals surface area (Å²) in [5, 5.41) is 0. The van der Waals surface area contributed by atoms with Crippen molar-refractivity contribution in [2.24, 2.45) is 7.05 Å². The Balaban J connectivity index is 1.50. The molecule has 0 amide bonds. The quantitative estimate of drug-likeness (QED) is 0.319. The number of methoxy groups -OCH3 is 1. The van der Waals surface area contributed by atoms with E-state index >= 15 is 0 Å². The van der Waals surface area contributed by atoms with Crippen LogP contribution in [-0.4, -0.2) is 51.8 Å². The van der Waals surface area contributed by atoms with Gasteiger partial charge >= 0.3 is 0 Å². The van der Waals surface area contributed by atoms with E-state index in [1.807, 2.05) is 19.1 Å². The predicted octanol–water partition coefficient (Wildman–Crippen LogP) is 5.98. The Morgan fingerprint density at radius 2 is 1.67 bits per heavy atom. The highest BCUT2D eigenvalue weighted by atomic mass is 16.5. The third kappa shape index (κ3) is 5.19. The molecule has 0 unspecified atom stereocenters. The third-order valence-corrected chi connectivity index (χ3v) is 8.16. The van der Waals surface area contributed by atoms with Crippen molar-refractivity contribution in [3.05, 3.63) is 70.7 Å². The maximum atomic E-state index is 5.36. The molecule has 2 aromatic heterocycles. The number of imidazole rings is 1. The minimum absolute atomic E-state index is 0.0901. The van der Waals surface area contributed by atoms with Gasteiger partial charge in [0.15, 0.2) is 5.65 Å². The van der Waals surface area contributed by atoms with E-state index in [-0.39, 0.29) is 11.0 Å². The maximum absolute atomic E-state index is 5.36. The van der Waals surface area contributed by atoms with Gasteiger partial charge in [-0.15, -0.1) is 0 Å². The molecule has 7 heteroatoms. The predicted molar refractivity (Wildman–Crippen MR) is 160 cm³/mol. The van der Waals surface area contributed by atoms with Gasteiger partial charge in [-0.2, -0.15) is 4.98 Å². The second-order valence-corrected chi connectivity index (χ2v) is 12.5. The van der Waals surface area contributed by atoms with Crippen molar-refractivity contribution in [3.8, 4) is 5.75 Å². The molecule has 206 valence electrons. The highest BCUT2D eigenvalue weighted by Crippen LogP contribution is 2.32. The molecule has 2 aromatic carbocycles. The fourth-order valence-electron chi connectivity index (χ4n) is 5.63. The van der Waals surface area contributed by atoms with Gasteiger partial charge in [0, 0.05) is 38.8 Å². The summed E-state index contributed by atoms with van der Waals surface area (Å²) in [6, 6.07) is 15.2. The van der Waals surface area contributed by atoms with E-state index in [9.17, 15) is 0 Å². The number of rotatable bonds is 5. The summed E-state index contributed by atoms with van der Waals surface area (Å²) in [7, 11) is 3.76. The van der Waals surface area contributed by atoms with Crippen LogP contribution in [0.3, 0.4) is 0 Å². The monoisotopic (exact) mass is 526 g/mol. The van der Waals surface area contributed by atoms with Crippen molar-refractivity contribution in [1.82, 2.24) is 19.5 Å². The molecular weight excluding hydrogens is 484 g/mol. The number of fused-ring (bicyclic) bond motifs is 1.